The van der Waals surface area contributed by atoms with E-state index in [1.807, 2.05) is 13.8 Å². The second-order valence-corrected chi connectivity index (χ2v) is 6.59. The van der Waals surface area contributed by atoms with Crippen LogP contribution in [0.5, 0.6) is 0 Å². The Balaban J connectivity index is 0. The van der Waals surface area contributed by atoms with Crippen molar-refractivity contribution in [3.8, 4) is 0 Å². The summed E-state index contributed by atoms with van der Waals surface area (Å²) in [4.78, 5) is 20.8. The molecule has 0 aromatic heterocycles. The standard InChI is InChI=1S/C19H38O3.Ti/c1-4-5-6-7-8-9-10-11-12-13-14-15-16-17-19(20)22-21-18(2)3;/h18H,4-17H2,1-3H3;. The topological polar surface area (TPSA) is 35.5 Å². The molecule has 23 heavy (non-hydrogen) atoms. The van der Waals surface area contributed by atoms with Crippen molar-refractivity contribution in [3.05, 3.63) is 0 Å². The maximum absolute atomic E-state index is 11.3. The average molecular weight is 362 g/mol. The van der Waals surface area contributed by atoms with E-state index in [9.17, 15) is 4.79 Å². The Morgan fingerprint density at radius 1 is 0.739 bits per heavy atom. The number of rotatable bonds is 16. The maximum atomic E-state index is 11.3. The third-order valence-corrected chi connectivity index (χ3v) is 3.82. The Morgan fingerprint density at radius 3 is 1.52 bits per heavy atom. The van der Waals surface area contributed by atoms with Gasteiger partial charge >= 0.3 is 5.97 Å². The van der Waals surface area contributed by atoms with Gasteiger partial charge in [-0.15, -0.1) is 0 Å². The summed E-state index contributed by atoms with van der Waals surface area (Å²) in [5.74, 6) is -0.239. The van der Waals surface area contributed by atoms with Gasteiger partial charge < -0.3 is 0 Å². The van der Waals surface area contributed by atoms with Gasteiger partial charge in [0.05, 0.1) is 6.10 Å². The molecule has 0 aromatic rings. The summed E-state index contributed by atoms with van der Waals surface area (Å²) in [5, 5.41) is 0. The van der Waals surface area contributed by atoms with E-state index in [4.69, 9.17) is 4.89 Å². The van der Waals surface area contributed by atoms with Crippen LogP contribution < -0.4 is 0 Å². The number of hydrogen-bond donors (Lipinski definition) is 0. The van der Waals surface area contributed by atoms with E-state index in [0.29, 0.717) is 6.42 Å². The van der Waals surface area contributed by atoms with Crippen LogP contribution in [0.4, 0.5) is 0 Å². The first-order valence-corrected chi connectivity index (χ1v) is 9.53. The molecular weight excluding hydrogens is 324 g/mol. The molecule has 0 atom stereocenters. The molecule has 0 spiro atoms. The van der Waals surface area contributed by atoms with Gasteiger partial charge in [-0.25, -0.2) is 4.79 Å². The Morgan fingerprint density at radius 2 is 1.13 bits per heavy atom. The average Bonchev–Trinajstić information content (AvgIpc) is 2.49. The van der Waals surface area contributed by atoms with Crippen molar-refractivity contribution in [1.82, 2.24) is 0 Å². The summed E-state index contributed by atoms with van der Waals surface area (Å²) in [6.45, 7) is 5.96. The molecular formula is C19H38O3Ti. The van der Waals surface area contributed by atoms with Gasteiger partial charge in [-0.1, -0.05) is 84.0 Å². The molecule has 0 radical (unpaired) electrons. The molecule has 0 aliphatic heterocycles. The van der Waals surface area contributed by atoms with Crippen LogP contribution in [0.15, 0.2) is 0 Å². The van der Waals surface area contributed by atoms with Crippen molar-refractivity contribution in [2.75, 3.05) is 0 Å². The van der Waals surface area contributed by atoms with Gasteiger partial charge in [-0.3, -0.25) is 4.89 Å². The zero-order valence-electron chi connectivity index (χ0n) is 15.7. The molecule has 0 rings (SSSR count). The summed E-state index contributed by atoms with van der Waals surface area (Å²) < 4.78 is 0. The molecule has 0 heterocycles. The normalized spacial score (nSPS) is 10.6. The molecule has 0 bridgehead atoms. The number of unbranched alkanes of at least 4 members (excludes halogenated alkanes) is 12. The minimum atomic E-state index is -0.239. The summed E-state index contributed by atoms with van der Waals surface area (Å²) in [7, 11) is 0. The minimum absolute atomic E-state index is 0. The Kier molecular flexibility index (Phi) is 22.3. The van der Waals surface area contributed by atoms with E-state index >= 15 is 0 Å². The Hall–Kier alpha value is 0.144. The number of carbonyl (C=O) groups is 1. The van der Waals surface area contributed by atoms with Gasteiger partial charge in [0.2, 0.25) is 0 Å². The fourth-order valence-electron chi connectivity index (χ4n) is 2.48. The molecule has 0 aliphatic carbocycles. The third-order valence-electron chi connectivity index (χ3n) is 3.82. The van der Waals surface area contributed by atoms with E-state index in [-0.39, 0.29) is 33.8 Å². The van der Waals surface area contributed by atoms with E-state index in [2.05, 4.69) is 11.8 Å². The van der Waals surface area contributed by atoms with E-state index in [0.717, 1.165) is 12.8 Å². The SMILES string of the molecule is CCCCCCCCCCCCCCCC(=O)OOC(C)C.[Ti]. The zero-order valence-corrected chi connectivity index (χ0v) is 17.3. The van der Waals surface area contributed by atoms with Crippen LogP contribution in [0, 0.1) is 0 Å². The van der Waals surface area contributed by atoms with Gasteiger partial charge in [0.15, 0.2) is 0 Å². The molecule has 136 valence electrons. The van der Waals surface area contributed by atoms with Crippen molar-refractivity contribution in [2.24, 2.45) is 0 Å². The zero-order chi connectivity index (χ0) is 16.5. The van der Waals surface area contributed by atoms with E-state index < -0.39 is 0 Å². The fraction of sp³-hybridized carbons (Fsp3) is 0.947. The van der Waals surface area contributed by atoms with Gasteiger partial charge in [-0.05, 0) is 20.3 Å². The first-order valence-electron chi connectivity index (χ1n) is 9.53. The number of hydrogen-bond acceptors (Lipinski definition) is 3. The van der Waals surface area contributed by atoms with Crippen LogP contribution in [-0.2, 0) is 36.3 Å². The van der Waals surface area contributed by atoms with Crippen molar-refractivity contribution in [2.45, 2.75) is 117 Å². The predicted molar refractivity (Wildman–Crippen MR) is 92.6 cm³/mol. The molecule has 0 fully saturated rings. The van der Waals surface area contributed by atoms with Crippen molar-refractivity contribution in [3.63, 3.8) is 0 Å². The van der Waals surface area contributed by atoms with Gasteiger partial charge in [0.25, 0.3) is 0 Å². The molecule has 4 heteroatoms. The fourth-order valence-corrected chi connectivity index (χ4v) is 2.48. The predicted octanol–water partition coefficient (Wildman–Crippen LogP) is 6.35. The molecule has 0 saturated carbocycles. The first kappa shape index (κ1) is 25.4. The maximum Gasteiger partial charge on any atom is 0.342 e. The van der Waals surface area contributed by atoms with Gasteiger partial charge in [0, 0.05) is 28.1 Å². The molecule has 0 aliphatic rings. The van der Waals surface area contributed by atoms with Crippen molar-refractivity contribution < 1.29 is 36.3 Å². The minimum Gasteiger partial charge on any atom is -0.298 e. The van der Waals surface area contributed by atoms with Gasteiger partial charge in [0.1, 0.15) is 0 Å². The summed E-state index contributed by atoms with van der Waals surface area (Å²) in [5.41, 5.74) is 0. The quantitative estimate of drug-likeness (QED) is 0.139. The van der Waals surface area contributed by atoms with Crippen LogP contribution in [-0.4, -0.2) is 12.1 Å². The largest absolute Gasteiger partial charge is 0.342 e. The molecule has 3 nitrogen and oxygen atoms in total. The molecule has 0 amide bonds. The second kappa shape index (κ2) is 20.2. The molecule has 0 aromatic carbocycles. The third kappa shape index (κ3) is 22.1. The smallest absolute Gasteiger partial charge is 0.298 e. The molecule has 0 unspecified atom stereocenters. The van der Waals surface area contributed by atoms with Crippen LogP contribution in [0.2, 0.25) is 0 Å². The van der Waals surface area contributed by atoms with Crippen LogP contribution >= 0.6 is 0 Å². The Bertz CT molecular complexity index is 245. The number of carbonyl (C=O) groups excluding carboxylic acids is 1. The monoisotopic (exact) mass is 362 g/mol. The summed E-state index contributed by atoms with van der Waals surface area (Å²) in [6, 6.07) is 0. The van der Waals surface area contributed by atoms with Crippen molar-refractivity contribution >= 4 is 5.97 Å². The first-order chi connectivity index (χ1) is 10.7. The van der Waals surface area contributed by atoms with E-state index in [1.54, 1.807) is 0 Å². The Labute approximate surface area is 159 Å². The second-order valence-electron chi connectivity index (χ2n) is 6.59. The molecule has 0 saturated heterocycles. The van der Waals surface area contributed by atoms with Crippen LogP contribution in [0.1, 0.15) is 111 Å². The van der Waals surface area contributed by atoms with Crippen LogP contribution in [0.25, 0.3) is 0 Å². The summed E-state index contributed by atoms with van der Waals surface area (Å²) in [6.07, 6.45) is 17.5. The van der Waals surface area contributed by atoms with Crippen LogP contribution in [0.3, 0.4) is 0 Å². The van der Waals surface area contributed by atoms with E-state index in [1.165, 1.54) is 70.6 Å². The van der Waals surface area contributed by atoms with Crippen molar-refractivity contribution in [1.29, 1.82) is 0 Å². The summed E-state index contributed by atoms with van der Waals surface area (Å²) >= 11 is 0. The van der Waals surface area contributed by atoms with Gasteiger partial charge in [-0.2, -0.15) is 4.89 Å². The molecule has 0 N–H and O–H groups in total.